The normalized spacial score (nSPS) is 11.0. The van der Waals surface area contributed by atoms with E-state index in [1.807, 2.05) is 53.6 Å². The number of nitrogens with one attached hydrogen (secondary N) is 1. The number of aromatic nitrogens is 3. The van der Waals surface area contributed by atoms with E-state index in [2.05, 4.69) is 34.5 Å². The van der Waals surface area contributed by atoms with Crippen molar-refractivity contribution in [1.29, 1.82) is 0 Å². The summed E-state index contributed by atoms with van der Waals surface area (Å²) in [5, 5.41) is 12.7. The van der Waals surface area contributed by atoms with E-state index in [9.17, 15) is 4.79 Å². The van der Waals surface area contributed by atoms with Crippen LogP contribution in [0.25, 0.3) is 10.6 Å². The zero-order valence-electron chi connectivity index (χ0n) is 16.6. The number of carbonyl (C=O) groups excluding carboxylic acids is 1. The van der Waals surface area contributed by atoms with Gasteiger partial charge in [0.2, 0.25) is 0 Å². The smallest absolute Gasteiger partial charge is 0.263 e. The standard InChI is InChI=1S/C22H22N4OS2/c1-14-19(16(3)26(25-14)12-17-7-5-4-6-8-17)11-23-21(27)20-15(2)24-22(29-20)18-9-10-28-13-18/h4-10,13H,11-12H2,1-3H3,(H,23,27). The van der Waals surface area contributed by atoms with Gasteiger partial charge in [0.05, 0.1) is 17.9 Å². The highest BCUT2D eigenvalue weighted by Gasteiger charge is 2.18. The predicted octanol–water partition coefficient (Wildman–Crippen LogP) is 4.97. The average molecular weight is 423 g/mol. The van der Waals surface area contributed by atoms with Crippen molar-refractivity contribution in [2.75, 3.05) is 0 Å². The molecule has 0 saturated heterocycles. The molecule has 1 amide bonds. The third kappa shape index (κ3) is 4.16. The molecule has 0 spiro atoms. The van der Waals surface area contributed by atoms with Crippen LogP contribution in [0, 0.1) is 20.8 Å². The van der Waals surface area contributed by atoms with E-state index in [1.54, 1.807) is 11.3 Å². The lowest BCUT2D eigenvalue weighted by Gasteiger charge is -2.07. The molecule has 1 N–H and O–H groups in total. The first-order valence-electron chi connectivity index (χ1n) is 9.38. The predicted molar refractivity (Wildman–Crippen MR) is 119 cm³/mol. The van der Waals surface area contributed by atoms with Crippen LogP contribution in [0.5, 0.6) is 0 Å². The SMILES string of the molecule is Cc1nc(-c2ccsc2)sc1C(=O)NCc1c(C)nn(Cc2ccccc2)c1C. The van der Waals surface area contributed by atoms with Crippen LogP contribution in [0.3, 0.4) is 0 Å². The van der Waals surface area contributed by atoms with Gasteiger partial charge in [0.15, 0.2) is 0 Å². The summed E-state index contributed by atoms with van der Waals surface area (Å²) in [7, 11) is 0. The molecule has 1 aromatic carbocycles. The number of aryl methyl sites for hydroxylation is 2. The fourth-order valence-electron chi connectivity index (χ4n) is 3.27. The van der Waals surface area contributed by atoms with Gasteiger partial charge < -0.3 is 5.32 Å². The van der Waals surface area contributed by atoms with Crippen molar-refractivity contribution in [2.45, 2.75) is 33.9 Å². The van der Waals surface area contributed by atoms with Crippen LogP contribution in [-0.4, -0.2) is 20.7 Å². The number of amides is 1. The fourth-order valence-corrected chi connectivity index (χ4v) is 4.96. The molecular weight excluding hydrogens is 400 g/mol. The molecule has 0 aliphatic rings. The van der Waals surface area contributed by atoms with Crippen LogP contribution in [0.15, 0.2) is 47.2 Å². The number of nitrogens with zero attached hydrogens (tertiary/aromatic N) is 3. The van der Waals surface area contributed by atoms with Gasteiger partial charge in [0.25, 0.3) is 5.91 Å². The molecule has 0 aliphatic heterocycles. The fraction of sp³-hybridized carbons (Fsp3) is 0.227. The zero-order valence-corrected chi connectivity index (χ0v) is 18.2. The van der Waals surface area contributed by atoms with Crippen molar-refractivity contribution in [1.82, 2.24) is 20.1 Å². The number of rotatable bonds is 6. The number of thiophene rings is 1. The van der Waals surface area contributed by atoms with E-state index in [0.717, 1.165) is 39.8 Å². The molecule has 3 heterocycles. The summed E-state index contributed by atoms with van der Waals surface area (Å²) in [6, 6.07) is 12.3. The van der Waals surface area contributed by atoms with Gasteiger partial charge in [-0.15, -0.1) is 11.3 Å². The highest BCUT2D eigenvalue weighted by Crippen LogP contribution is 2.29. The summed E-state index contributed by atoms with van der Waals surface area (Å²) in [4.78, 5) is 18.0. The van der Waals surface area contributed by atoms with E-state index < -0.39 is 0 Å². The van der Waals surface area contributed by atoms with Gasteiger partial charge in [-0.3, -0.25) is 9.48 Å². The highest BCUT2D eigenvalue weighted by molar-refractivity contribution is 7.17. The maximum absolute atomic E-state index is 12.8. The van der Waals surface area contributed by atoms with Crippen molar-refractivity contribution in [3.63, 3.8) is 0 Å². The summed E-state index contributed by atoms with van der Waals surface area (Å²) < 4.78 is 2.00. The lowest BCUT2D eigenvalue weighted by atomic mass is 10.2. The van der Waals surface area contributed by atoms with Crippen LogP contribution in [0.2, 0.25) is 0 Å². The third-order valence-electron chi connectivity index (χ3n) is 4.90. The molecular formula is C22H22N4OS2. The number of thiazole rings is 1. The molecule has 3 aromatic heterocycles. The Morgan fingerprint density at radius 2 is 1.90 bits per heavy atom. The molecule has 4 aromatic rings. The van der Waals surface area contributed by atoms with E-state index in [0.29, 0.717) is 11.4 Å². The van der Waals surface area contributed by atoms with Crippen molar-refractivity contribution in [3.8, 4) is 10.6 Å². The molecule has 0 bridgehead atoms. The minimum absolute atomic E-state index is 0.0870. The van der Waals surface area contributed by atoms with Crippen LogP contribution >= 0.6 is 22.7 Å². The first kappa shape index (κ1) is 19.5. The number of carbonyl (C=O) groups is 1. The van der Waals surface area contributed by atoms with E-state index in [4.69, 9.17) is 0 Å². The van der Waals surface area contributed by atoms with Crippen LogP contribution in [0.1, 0.15) is 37.9 Å². The van der Waals surface area contributed by atoms with Gasteiger partial charge in [-0.05, 0) is 37.8 Å². The molecule has 0 fully saturated rings. The van der Waals surface area contributed by atoms with Crippen molar-refractivity contribution < 1.29 is 4.79 Å². The Morgan fingerprint density at radius 3 is 2.62 bits per heavy atom. The van der Waals surface area contributed by atoms with Gasteiger partial charge >= 0.3 is 0 Å². The average Bonchev–Trinajstić information content (AvgIpc) is 3.42. The second-order valence-electron chi connectivity index (χ2n) is 6.92. The van der Waals surface area contributed by atoms with Crippen molar-refractivity contribution >= 4 is 28.6 Å². The van der Waals surface area contributed by atoms with Gasteiger partial charge in [-0.1, -0.05) is 30.3 Å². The van der Waals surface area contributed by atoms with Crippen molar-refractivity contribution in [3.05, 3.63) is 80.2 Å². The Hall–Kier alpha value is -2.77. The molecule has 0 aliphatic carbocycles. The Morgan fingerprint density at radius 1 is 1.10 bits per heavy atom. The summed E-state index contributed by atoms with van der Waals surface area (Å²) in [6.07, 6.45) is 0. The van der Waals surface area contributed by atoms with E-state index in [1.165, 1.54) is 16.9 Å². The number of benzene rings is 1. The molecule has 0 unspecified atom stereocenters. The van der Waals surface area contributed by atoms with Crippen LogP contribution in [0.4, 0.5) is 0 Å². The monoisotopic (exact) mass is 422 g/mol. The second-order valence-corrected chi connectivity index (χ2v) is 8.70. The Balaban J connectivity index is 1.47. The minimum Gasteiger partial charge on any atom is -0.347 e. The van der Waals surface area contributed by atoms with Crippen LogP contribution in [-0.2, 0) is 13.1 Å². The summed E-state index contributed by atoms with van der Waals surface area (Å²) >= 11 is 3.07. The lowest BCUT2D eigenvalue weighted by Crippen LogP contribution is -2.23. The molecule has 5 nitrogen and oxygen atoms in total. The quantitative estimate of drug-likeness (QED) is 0.477. The van der Waals surface area contributed by atoms with Gasteiger partial charge in [0, 0.05) is 28.7 Å². The van der Waals surface area contributed by atoms with Gasteiger partial charge in [-0.25, -0.2) is 4.98 Å². The van der Waals surface area contributed by atoms with Crippen LogP contribution < -0.4 is 5.32 Å². The molecule has 29 heavy (non-hydrogen) atoms. The zero-order chi connectivity index (χ0) is 20.4. The lowest BCUT2D eigenvalue weighted by molar-refractivity contribution is 0.0954. The summed E-state index contributed by atoms with van der Waals surface area (Å²) in [5.41, 5.74) is 6.12. The molecule has 0 radical (unpaired) electrons. The Bertz CT molecular complexity index is 1130. The molecule has 148 valence electrons. The largest absolute Gasteiger partial charge is 0.347 e. The molecule has 7 heteroatoms. The van der Waals surface area contributed by atoms with E-state index in [-0.39, 0.29) is 5.91 Å². The first-order valence-corrected chi connectivity index (χ1v) is 11.1. The molecule has 0 atom stereocenters. The maximum Gasteiger partial charge on any atom is 0.263 e. The van der Waals surface area contributed by atoms with Crippen molar-refractivity contribution in [2.24, 2.45) is 0 Å². The summed E-state index contributed by atoms with van der Waals surface area (Å²) in [5.74, 6) is -0.0870. The van der Waals surface area contributed by atoms with E-state index >= 15 is 0 Å². The Labute approximate surface area is 178 Å². The molecule has 4 rings (SSSR count). The maximum atomic E-state index is 12.8. The first-order chi connectivity index (χ1) is 14.0. The topological polar surface area (TPSA) is 59.8 Å². The molecule has 0 saturated carbocycles. The third-order valence-corrected chi connectivity index (χ3v) is 6.79. The Kier molecular flexibility index (Phi) is 5.60. The van der Waals surface area contributed by atoms with Gasteiger partial charge in [0.1, 0.15) is 9.88 Å². The van der Waals surface area contributed by atoms with Gasteiger partial charge in [-0.2, -0.15) is 16.4 Å². The summed E-state index contributed by atoms with van der Waals surface area (Å²) in [6.45, 7) is 7.10. The number of hydrogen-bond acceptors (Lipinski definition) is 5. The number of hydrogen-bond donors (Lipinski definition) is 1. The highest BCUT2D eigenvalue weighted by atomic mass is 32.1. The second kappa shape index (κ2) is 8.31. The minimum atomic E-state index is -0.0870.